The molecule has 0 aliphatic heterocycles. The topological polar surface area (TPSA) is 102 Å². The van der Waals surface area contributed by atoms with E-state index < -0.39 is 10.0 Å². The van der Waals surface area contributed by atoms with Crippen LogP contribution < -0.4 is 0 Å². The second-order valence-electron chi connectivity index (χ2n) is 5.28. The number of aromatic nitrogens is 3. The fourth-order valence-corrected chi connectivity index (χ4v) is 3.69. The Morgan fingerprint density at radius 3 is 2.46 bits per heavy atom. The van der Waals surface area contributed by atoms with Gasteiger partial charge in [-0.05, 0) is 26.0 Å². The SMILES string of the molecule is Cc1noc(C)c1S(=O)(=O)N(C)Cc1nnc(-c2ccccc2)o1. The van der Waals surface area contributed by atoms with Crippen molar-refractivity contribution in [2.24, 2.45) is 0 Å². The number of aryl methyl sites for hydroxylation is 2. The zero-order chi connectivity index (χ0) is 17.3. The van der Waals surface area contributed by atoms with Gasteiger partial charge in [-0.2, -0.15) is 4.31 Å². The molecule has 0 amide bonds. The molecule has 0 spiro atoms. The fraction of sp³-hybridized carbons (Fsp3) is 0.267. The molecule has 0 aliphatic rings. The molecule has 0 saturated heterocycles. The second kappa shape index (κ2) is 6.17. The molecule has 3 aromatic rings. The van der Waals surface area contributed by atoms with E-state index in [2.05, 4.69) is 15.4 Å². The van der Waals surface area contributed by atoms with Crippen LogP contribution in [0.15, 0.2) is 44.2 Å². The van der Waals surface area contributed by atoms with Crippen molar-refractivity contribution in [3.63, 3.8) is 0 Å². The van der Waals surface area contributed by atoms with E-state index >= 15 is 0 Å². The van der Waals surface area contributed by atoms with Crippen molar-refractivity contribution in [1.29, 1.82) is 0 Å². The van der Waals surface area contributed by atoms with Gasteiger partial charge >= 0.3 is 0 Å². The van der Waals surface area contributed by atoms with Crippen molar-refractivity contribution in [3.8, 4) is 11.5 Å². The molecule has 0 atom stereocenters. The predicted octanol–water partition coefficient (Wildman–Crippen LogP) is 2.16. The van der Waals surface area contributed by atoms with Crippen LogP contribution in [-0.4, -0.2) is 35.1 Å². The van der Waals surface area contributed by atoms with Gasteiger partial charge < -0.3 is 8.94 Å². The highest BCUT2D eigenvalue weighted by Crippen LogP contribution is 2.24. The van der Waals surface area contributed by atoms with E-state index in [1.165, 1.54) is 7.05 Å². The molecule has 8 nitrogen and oxygen atoms in total. The largest absolute Gasteiger partial charge is 0.419 e. The van der Waals surface area contributed by atoms with E-state index in [4.69, 9.17) is 8.94 Å². The highest BCUT2D eigenvalue weighted by molar-refractivity contribution is 7.89. The lowest BCUT2D eigenvalue weighted by Crippen LogP contribution is -2.27. The van der Waals surface area contributed by atoms with E-state index in [0.29, 0.717) is 11.6 Å². The molecule has 2 heterocycles. The third kappa shape index (κ3) is 2.95. The Balaban J connectivity index is 1.83. The van der Waals surface area contributed by atoms with Gasteiger partial charge in [0.2, 0.25) is 21.8 Å². The molecule has 0 aliphatic carbocycles. The van der Waals surface area contributed by atoms with Gasteiger partial charge in [-0.15, -0.1) is 10.2 Å². The van der Waals surface area contributed by atoms with Crippen molar-refractivity contribution in [2.75, 3.05) is 7.05 Å². The highest BCUT2D eigenvalue weighted by Gasteiger charge is 2.29. The molecular weight excluding hydrogens is 332 g/mol. The molecular formula is C15H16N4O4S. The summed E-state index contributed by atoms with van der Waals surface area (Å²) in [5, 5.41) is 11.5. The van der Waals surface area contributed by atoms with Crippen LogP contribution >= 0.6 is 0 Å². The molecule has 0 bridgehead atoms. The zero-order valence-corrected chi connectivity index (χ0v) is 14.2. The third-order valence-electron chi connectivity index (χ3n) is 3.48. The Labute approximate surface area is 139 Å². The smallest absolute Gasteiger partial charge is 0.248 e. The summed E-state index contributed by atoms with van der Waals surface area (Å²) in [6.07, 6.45) is 0. The summed E-state index contributed by atoms with van der Waals surface area (Å²) in [6, 6.07) is 9.26. The van der Waals surface area contributed by atoms with Crippen LogP contribution in [0.1, 0.15) is 17.3 Å². The Morgan fingerprint density at radius 2 is 1.83 bits per heavy atom. The molecule has 24 heavy (non-hydrogen) atoms. The summed E-state index contributed by atoms with van der Waals surface area (Å²) < 4.78 is 36.9. The van der Waals surface area contributed by atoms with Gasteiger partial charge in [0.25, 0.3) is 0 Å². The molecule has 1 aromatic carbocycles. The van der Waals surface area contributed by atoms with Crippen LogP contribution in [0, 0.1) is 13.8 Å². The Morgan fingerprint density at radius 1 is 1.12 bits per heavy atom. The molecule has 0 radical (unpaired) electrons. The summed E-state index contributed by atoms with van der Waals surface area (Å²) in [6.45, 7) is 3.09. The quantitative estimate of drug-likeness (QED) is 0.696. The van der Waals surface area contributed by atoms with Crippen LogP contribution in [0.5, 0.6) is 0 Å². The number of rotatable bonds is 5. The third-order valence-corrected chi connectivity index (χ3v) is 5.53. The molecule has 0 fully saturated rings. The Bertz CT molecular complexity index is 928. The predicted molar refractivity (Wildman–Crippen MR) is 84.4 cm³/mol. The van der Waals surface area contributed by atoms with Gasteiger partial charge in [-0.25, -0.2) is 8.42 Å². The summed E-state index contributed by atoms with van der Waals surface area (Å²) in [4.78, 5) is 0.0628. The summed E-state index contributed by atoms with van der Waals surface area (Å²) in [7, 11) is -2.32. The van der Waals surface area contributed by atoms with Gasteiger partial charge in [0.15, 0.2) is 5.76 Å². The van der Waals surface area contributed by atoms with Crippen LogP contribution in [0.3, 0.4) is 0 Å². The lowest BCUT2D eigenvalue weighted by molar-refractivity contribution is 0.386. The van der Waals surface area contributed by atoms with Crippen molar-refractivity contribution in [3.05, 3.63) is 47.7 Å². The van der Waals surface area contributed by atoms with E-state index in [-0.39, 0.29) is 23.1 Å². The van der Waals surface area contributed by atoms with Crippen molar-refractivity contribution < 1.29 is 17.4 Å². The van der Waals surface area contributed by atoms with Crippen LogP contribution in [0.2, 0.25) is 0 Å². The minimum atomic E-state index is -3.76. The number of nitrogens with zero attached hydrogens (tertiary/aromatic N) is 4. The maximum Gasteiger partial charge on any atom is 0.248 e. The van der Waals surface area contributed by atoms with Gasteiger partial charge in [-0.3, -0.25) is 0 Å². The number of hydrogen-bond donors (Lipinski definition) is 0. The van der Waals surface area contributed by atoms with Crippen molar-refractivity contribution in [1.82, 2.24) is 19.7 Å². The standard InChI is InChI=1S/C15H16N4O4S/c1-10-14(11(2)23-18-10)24(20,21)19(3)9-13-16-17-15(22-13)12-7-5-4-6-8-12/h4-8H,9H2,1-3H3. The van der Waals surface area contributed by atoms with Gasteiger partial charge in [0.1, 0.15) is 10.6 Å². The van der Waals surface area contributed by atoms with E-state index in [0.717, 1.165) is 9.87 Å². The minimum Gasteiger partial charge on any atom is -0.419 e. The molecule has 0 unspecified atom stereocenters. The van der Waals surface area contributed by atoms with Crippen LogP contribution in [0.25, 0.3) is 11.5 Å². The highest BCUT2D eigenvalue weighted by atomic mass is 32.2. The number of hydrogen-bond acceptors (Lipinski definition) is 7. The molecule has 0 N–H and O–H groups in total. The molecule has 3 rings (SSSR count). The van der Waals surface area contributed by atoms with E-state index in [9.17, 15) is 8.42 Å². The average Bonchev–Trinajstić information content (AvgIpc) is 3.15. The number of benzene rings is 1. The first kappa shape index (κ1) is 16.3. The molecule has 2 aromatic heterocycles. The minimum absolute atomic E-state index is 0.0494. The van der Waals surface area contributed by atoms with Gasteiger partial charge in [-0.1, -0.05) is 23.4 Å². The summed E-state index contributed by atoms with van der Waals surface area (Å²) in [5.74, 6) is 0.787. The first-order chi connectivity index (χ1) is 11.4. The first-order valence-electron chi connectivity index (χ1n) is 7.16. The fourth-order valence-electron chi connectivity index (χ4n) is 2.29. The first-order valence-corrected chi connectivity index (χ1v) is 8.60. The molecule has 9 heteroatoms. The van der Waals surface area contributed by atoms with Crippen molar-refractivity contribution >= 4 is 10.0 Å². The zero-order valence-electron chi connectivity index (χ0n) is 13.4. The van der Waals surface area contributed by atoms with Crippen molar-refractivity contribution in [2.45, 2.75) is 25.3 Å². The maximum atomic E-state index is 12.7. The molecule has 126 valence electrons. The summed E-state index contributed by atoms with van der Waals surface area (Å²) in [5.41, 5.74) is 1.09. The Kier molecular flexibility index (Phi) is 4.20. The molecule has 0 saturated carbocycles. The maximum absolute atomic E-state index is 12.7. The Hall–Kier alpha value is -2.52. The second-order valence-corrected chi connectivity index (χ2v) is 7.26. The van der Waals surface area contributed by atoms with Crippen LogP contribution in [0.4, 0.5) is 0 Å². The number of sulfonamides is 1. The monoisotopic (exact) mass is 348 g/mol. The average molecular weight is 348 g/mol. The normalized spacial score (nSPS) is 12.0. The lowest BCUT2D eigenvalue weighted by Gasteiger charge is -2.14. The van der Waals surface area contributed by atoms with E-state index in [1.807, 2.05) is 30.3 Å². The van der Waals surface area contributed by atoms with Gasteiger partial charge in [0, 0.05) is 12.6 Å². The van der Waals surface area contributed by atoms with E-state index in [1.54, 1.807) is 13.8 Å². The van der Waals surface area contributed by atoms with Crippen LogP contribution in [-0.2, 0) is 16.6 Å². The lowest BCUT2D eigenvalue weighted by atomic mass is 10.2. The summed E-state index contributed by atoms with van der Waals surface area (Å²) >= 11 is 0. The van der Waals surface area contributed by atoms with Gasteiger partial charge in [0.05, 0.1) is 6.54 Å².